The quantitative estimate of drug-likeness (QED) is 0.739. The third kappa shape index (κ3) is 2.30. The molecule has 2 rings (SSSR count). The van der Waals surface area contributed by atoms with Crippen LogP contribution >= 0.6 is 0 Å². The third-order valence-corrected chi connectivity index (χ3v) is 3.47. The first kappa shape index (κ1) is 12.0. The summed E-state index contributed by atoms with van der Waals surface area (Å²) in [5, 5.41) is 0. The van der Waals surface area contributed by atoms with Crippen LogP contribution in [0.25, 0.3) is 0 Å². The maximum Gasteiger partial charge on any atom is 0.255 e. The van der Waals surface area contributed by atoms with Crippen molar-refractivity contribution in [2.45, 2.75) is 45.2 Å². The minimum Gasteiger partial charge on any atom is -0.333 e. The molecule has 17 heavy (non-hydrogen) atoms. The Hall–Kier alpha value is -1.45. The van der Waals surface area contributed by atoms with Crippen LogP contribution in [-0.4, -0.2) is 27.9 Å². The van der Waals surface area contributed by atoms with Crippen LogP contribution in [0.4, 0.5) is 4.39 Å². The fourth-order valence-electron chi connectivity index (χ4n) is 2.49. The predicted molar refractivity (Wildman–Crippen MR) is 63.1 cm³/mol. The Bertz CT molecular complexity index is 404. The molecular formula is C13H17FN2O. The first-order valence-electron chi connectivity index (χ1n) is 6.07. The molecule has 3 nitrogen and oxygen atoms in total. The number of carbonyl (C=O) groups excluding carboxylic acids is 1. The molecule has 0 aliphatic carbocycles. The van der Waals surface area contributed by atoms with Crippen molar-refractivity contribution in [1.82, 2.24) is 9.88 Å². The number of likely N-dealkylation sites (tertiary alicyclic amines) is 1. The number of nitrogens with zero attached hydrogens (tertiary/aromatic N) is 2. The van der Waals surface area contributed by atoms with Crippen LogP contribution in [0.3, 0.4) is 0 Å². The standard InChI is InChI=1S/C13H17FN2O/c1-3-11-6-4-9(2)16(11)13(17)10-5-7-12(14)15-8-10/h5,7-9,11H,3-4,6H2,1-2H3. The van der Waals surface area contributed by atoms with Crippen molar-refractivity contribution in [1.29, 1.82) is 0 Å². The normalized spacial score (nSPS) is 24.1. The van der Waals surface area contributed by atoms with Crippen molar-refractivity contribution in [3.63, 3.8) is 0 Å². The smallest absolute Gasteiger partial charge is 0.255 e. The van der Waals surface area contributed by atoms with Crippen molar-refractivity contribution in [2.24, 2.45) is 0 Å². The summed E-state index contributed by atoms with van der Waals surface area (Å²) in [5.41, 5.74) is 0.471. The molecule has 0 bridgehead atoms. The highest BCUT2D eigenvalue weighted by molar-refractivity contribution is 5.94. The maximum atomic E-state index is 12.7. The molecule has 0 spiro atoms. The fourth-order valence-corrected chi connectivity index (χ4v) is 2.49. The zero-order valence-electron chi connectivity index (χ0n) is 10.2. The van der Waals surface area contributed by atoms with E-state index in [9.17, 15) is 9.18 Å². The molecule has 1 aromatic heterocycles. The molecule has 1 saturated heterocycles. The van der Waals surface area contributed by atoms with E-state index in [0.717, 1.165) is 19.3 Å². The Morgan fingerprint density at radius 1 is 1.53 bits per heavy atom. The number of pyridine rings is 1. The zero-order valence-corrected chi connectivity index (χ0v) is 10.2. The molecular weight excluding hydrogens is 219 g/mol. The Kier molecular flexibility index (Phi) is 3.41. The zero-order chi connectivity index (χ0) is 12.4. The van der Waals surface area contributed by atoms with Gasteiger partial charge in [0.05, 0.1) is 5.56 Å². The molecule has 2 atom stereocenters. The first-order valence-corrected chi connectivity index (χ1v) is 6.07. The number of hydrogen-bond acceptors (Lipinski definition) is 2. The van der Waals surface area contributed by atoms with Gasteiger partial charge in [-0.15, -0.1) is 0 Å². The van der Waals surface area contributed by atoms with Gasteiger partial charge in [-0.3, -0.25) is 4.79 Å². The number of aromatic nitrogens is 1. The van der Waals surface area contributed by atoms with Gasteiger partial charge in [-0.25, -0.2) is 4.98 Å². The van der Waals surface area contributed by atoms with Gasteiger partial charge in [0.15, 0.2) is 0 Å². The highest BCUT2D eigenvalue weighted by Gasteiger charge is 2.33. The van der Waals surface area contributed by atoms with Crippen LogP contribution in [0, 0.1) is 5.95 Å². The minimum atomic E-state index is -0.553. The van der Waals surface area contributed by atoms with E-state index in [1.807, 2.05) is 4.90 Å². The lowest BCUT2D eigenvalue weighted by Crippen LogP contribution is -2.39. The van der Waals surface area contributed by atoms with E-state index in [2.05, 4.69) is 18.8 Å². The number of rotatable bonds is 2. The molecule has 1 aliphatic rings. The molecule has 4 heteroatoms. The fraction of sp³-hybridized carbons (Fsp3) is 0.538. The number of halogens is 1. The summed E-state index contributed by atoms with van der Waals surface area (Å²) in [6, 6.07) is 3.30. The minimum absolute atomic E-state index is 0.0330. The number of hydrogen-bond donors (Lipinski definition) is 0. The molecule has 0 aromatic carbocycles. The summed E-state index contributed by atoms with van der Waals surface area (Å²) < 4.78 is 12.7. The largest absolute Gasteiger partial charge is 0.333 e. The summed E-state index contributed by atoms with van der Waals surface area (Å²) in [4.78, 5) is 17.7. The summed E-state index contributed by atoms with van der Waals surface area (Å²) in [5.74, 6) is -0.586. The molecule has 0 N–H and O–H groups in total. The average molecular weight is 236 g/mol. The van der Waals surface area contributed by atoms with Gasteiger partial charge in [0.1, 0.15) is 0 Å². The summed E-state index contributed by atoms with van der Waals surface area (Å²) in [6.07, 6.45) is 4.37. The molecule has 1 fully saturated rings. The van der Waals surface area contributed by atoms with Crippen LogP contribution < -0.4 is 0 Å². The van der Waals surface area contributed by atoms with Crippen molar-refractivity contribution in [2.75, 3.05) is 0 Å². The van der Waals surface area contributed by atoms with Gasteiger partial charge in [0.2, 0.25) is 5.95 Å². The van der Waals surface area contributed by atoms with Crippen LogP contribution in [-0.2, 0) is 0 Å². The summed E-state index contributed by atoms with van der Waals surface area (Å²) in [7, 11) is 0. The van der Waals surface area contributed by atoms with Gasteiger partial charge < -0.3 is 4.90 Å². The average Bonchev–Trinajstić information content (AvgIpc) is 2.70. The summed E-state index contributed by atoms with van der Waals surface area (Å²) >= 11 is 0. The molecule has 1 aliphatic heterocycles. The van der Waals surface area contributed by atoms with E-state index in [1.165, 1.54) is 18.3 Å². The number of carbonyl (C=O) groups is 1. The molecule has 92 valence electrons. The van der Waals surface area contributed by atoms with Crippen molar-refractivity contribution in [3.05, 3.63) is 29.8 Å². The van der Waals surface area contributed by atoms with Gasteiger partial charge in [0.25, 0.3) is 5.91 Å². The Labute approximate surface area is 101 Å². The van der Waals surface area contributed by atoms with Crippen molar-refractivity contribution in [3.8, 4) is 0 Å². The van der Waals surface area contributed by atoms with E-state index < -0.39 is 5.95 Å². The van der Waals surface area contributed by atoms with Crippen LogP contribution in [0.1, 0.15) is 43.5 Å². The second kappa shape index (κ2) is 4.82. The van der Waals surface area contributed by atoms with E-state index in [4.69, 9.17) is 0 Å². The van der Waals surface area contributed by atoms with Gasteiger partial charge in [0, 0.05) is 18.3 Å². The predicted octanol–water partition coefficient (Wildman–Crippen LogP) is 2.62. The topological polar surface area (TPSA) is 33.2 Å². The molecule has 2 heterocycles. The highest BCUT2D eigenvalue weighted by Crippen LogP contribution is 2.27. The molecule has 2 unspecified atom stereocenters. The van der Waals surface area contributed by atoms with Crippen LogP contribution in [0.5, 0.6) is 0 Å². The van der Waals surface area contributed by atoms with E-state index in [1.54, 1.807) is 0 Å². The van der Waals surface area contributed by atoms with Crippen molar-refractivity contribution < 1.29 is 9.18 Å². The van der Waals surface area contributed by atoms with Gasteiger partial charge in [-0.1, -0.05) is 6.92 Å². The Balaban J connectivity index is 2.21. The van der Waals surface area contributed by atoms with Gasteiger partial charge >= 0.3 is 0 Å². The molecule has 1 aromatic rings. The Morgan fingerprint density at radius 2 is 2.29 bits per heavy atom. The maximum absolute atomic E-state index is 12.7. The first-order chi connectivity index (χ1) is 8.13. The van der Waals surface area contributed by atoms with E-state index in [-0.39, 0.29) is 11.9 Å². The van der Waals surface area contributed by atoms with E-state index >= 15 is 0 Å². The van der Waals surface area contributed by atoms with Gasteiger partial charge in [-0.2, -0.15) is 4.39 Å². The Morgan fingerprint density at radius 3 is 2.88 bits per heavy atom. The van der Waals surface area contributed by atoms with Crippen molar-refractivity contribution >= 4 is 5.91 Å². The lowest BCUT2D eigenvalue weighted by atomic mass is 10.1. The monoisotopic (exact) mass is 236 g/mol. The molecule has 1 amide bonds. The second-order valence-electron chi connectivity index (χ2n) is 4.57. The third-order valence-electron chi connectivity index (χ3n) is 3.47. The molecule has 0 radical (unpaired) electrons. The second-order valence-corrected chi connectivity index (χ2v) is 4.57. The van der Waals surface area contributed by atoms with E-state index in [0.29, 0.717) is 11.6 Å². The highest BCUT2D eigenvalue weighted by atomic mass is 19.1. The molecule has 0 saturated carbocycles. The lowest BCUT2D eigenvalue weighted by molar-refractivity contribution is 0.0676. The summed E-state index contributed by atoms with van der Waals surface area (Å²) in [6.45, 7) is 4.15. The van der Waals surface area contributed by atoms with Crippen LogP contribution in [0.2, 0.25) is 0 Å². The van der Waals surface area contributed by atoms with Crippen LogP contribution in [0.15, 0.2) is 18.3 Å². The van der Waals surface area contributed by atoms with Gasteiger partial charge in [-0.05, 0) is 38.3 Å². The SMILES string of the molecule is CCC1CCC(C)N1C(=O)c1ccc(F)nc1. The lowest BCUT2D eigenvalue weighted by Gasteiger charge is -2.27. The number of amides is 1.